The van der Waals surface area contributed by atoms with Gasteiger partial charge >= 0.3 is 0 Å². The second kappa shape index (κ2) is 12.6. The molecule has 0 spiro atoms. The molecule has 2 aromatic heterocycles. The van der Waals surface area contributed by atoms with Gasteiger partial charge in [-0.15, -0.1) is 0 Å². The molecule has 2 heterocycles. The van der Waals surface area contributed by atoms with Gasteiger partial charge in [-0.25, -0.2) is 9.97 Å². The van der Waals surface area contributed by atoms with E-state index in [0.29, 0.717) is 5.02 Å². The monoisotopic (exact) mass is 562 g/mol. The van der Waals surface area contributed by atoms with Crippen molar-refractivity contribution in [2.45, 2.75) is 38.5 Å². The van der Waals surface area contributed by atoms with Crippen molar-refractivity contribution in [2.75, 3.05) is 30.8 Å². The molecule has 0 bridgehead atoms. The van der Waals surface area contributed by atoms with Crippen molar-refractivity contribution in [3.05, 3.63) is 90.0 Å². The van der Waals surface area contributed by atoms with Crippen LogP contribution in [-0.4, -0.2) is 30.2 Å². The average Bonchev–Trinajstić information content (AvgIpc) is 3.00. The van der Waals surface area contributed by atoms with Gasteiger partial charge in [-0.1, -0.05) is 73.7 Å². The summed E-state index contributed by atoms with van der Waals surface area (Å²) in [5, 5.41) is 12.7. The molecule has 0 aliphatic carbocycles. The molecule has 0 fully saturated rings. The van der Waals surface area contributed by atoms with E-state index in [0.717, 1.165) is 70.2 Å². The number of ether oxygens (including phenoxy) is 1. The van der Waals surface area contributed by atoms with E-state index in [4.69, 9.17) is 26.3 Å². The standard InChI is InChI=1S/C35H35ClN4O/c1-41-25-17-19-32-29(23-25)35(28-18-16-24(36)22-33(28)40-32)38-21-11-5-3-2-4-10-20-37-34-26-12-6-8-14-30(26)39-31-15-9-7-13-27(31)34/h6-9,12-19,22-23H,2-5,10-11,20-21H2,1H3,(H,37,39)(H,38,40). The van der Waals surface area contributed by atoms with Crippen molar-refractivity contribution in [1.82, 2.24) is 9.97 Å². The molecule has 6 heteroatoms. The SMILES string of the molecule is COc1ccc2nc3cc(Cl)ccc3c(NCCCCCCCCNc3c4ccccc4nc4ccccc34)c2c1. The lowest BCUT2D eigenvalue weighted by Gasteiger charge is -2.14. The van der Waals surface area contributed by atoms with Crippen LogP contribution in [0.25, 0.3) is 43.6 Å². The minimum Gasteiger partial charge on any atom is -0.497 e. The van der Waals surface area contributed by atoms with E-state index in [1.54, 1.807) is 7.11 Å². The lowest BCUT2D eigenvalue weighted by molar-refractivity contribution is 0.415. The number of benzene rings is 4. The highest BCUT2D eigenvalue weighted by atomic mass is 35.5. The number of aromatic nitrogens is 2. The Kier molecular flexibility index (Phi) is 8.33. The number of pyridine rings is 2. The molecular formula is C35H35ClN4O. The molecule has 4 aromatic carbocycles. The number of para-hydroxylation sites is 2. The van der Waals surface area contributed by atoms with Crippen molar-refractivity contribution in [1.29, 1.82) is 0 Å². The summed E-state index contributed by atoms with van der Waals surface area (Å²) in [6.07, 6.45) is 7.19. The third-order valence-electron chi connectivity index (χ3n) is 7.74. The molecule has 0 atom stereocenters. The fourth-order valence-electron chi connectivity index (χ4n) is 5.63. The normalized spacial score (nSPS) is 11.5. The maximum atomic E-state index is 6.27. The van der Waals surface area contributed by atoms with Gasteiger partial charge in [0, 0.05) is 39.7 Å². The van der Waals surface area contributed by atoms with Crippen LogP contribution in [0.3, 0.4) is 0 Å². The van der Waals surface area contributed by atoms with E-state index in [-0.39, 0.29) is 0 Å². The number of halogens is 1. The molecule has 0 aliphatic heterocycles. The first-order chi connectivity index (χ1) is 20.2. The highest BCUT2D eigenvalue weighted by Crippen LogP contribution is 2.34. The van der Waals surface area contributed by atoms with E-state index < -0.39 is 0 Å². The van der Waals surface area contributed by atoms with Crippen molar-refractivity contribution < 1.29 is 4.74 Å². The molecule has 0 radical (unpaired) electrons. The highest BCUT2D eigenvalue weighted by Gasteiger charge is 2.11. The fraction of sp³-hybridized carbons (Fsp3) is 0.257. The Bertz CT molecular complexity index is 1770. The number of rotatable bonds is 12. The van der Waals surface area contributed by atoms with Crippen LogP contribution >= 0.6 is 11.6 Å². The van der Waals surface area contributed by atoms with Crippen LogP contribution in [0.1, 0.15) is 38.5 Å². The van der Waals surface area contributed by atoms with Gasteiger partial charge in [0.15, 0.2) is 0 Å². The van der Waals surface area contributed by atoms with E-state index in [1.807, 2.05) is 24.3 Å². The minimum atomic E-state index is 0.696. The second-order valence-electron chi connectivity index (χ2n) is 10.5. The molecule has 5 nitrogen and oxygen atoms in total. The molecule has 41 heavy (non-hydrogen) atoms. The van der Waals surface area contributed by atoms with Gasteiger partial charge in [-0.3, -0.25) is 0 Å². The Hall–Kier alpha value is -4.09. The molecule has 6 aromatic rings. The zero-order chi connectivity index (χ0) is 28.0. The number of unbranched alkanes of at least 4 members (excludes halogenated alkanes) is 5. The Balaban J connectivity index is 0.991. The number of nitrogens with zero attached hydrogens (tertiary/aromatic N) is 2. The molecule has 2 N–H and O–H groups in total. The van der Waals surface area contributed by atoms with Crippen molar-refractivity contribution >= 4 is 66.6 Å². The first-order valence-corrected chi connectivity index (χ1v) is 14.9. The summed E-state index contributed by atoms with van der Waals surface area (Å²) < 4.78 is 5.49. The molecule has 208 valence electrons. The van der Waals surface area contributed by atoms with Crippen molar-refractivity contribution in [2.24, 2.45) is 0 Å². The van der Waals surface area contributed by atoms with Gasteiger partial charge in [0.25, 0.3) is 0 Å². The van der Waals surface area contributed by atoms with E-state index in [9.17, 15) is 0 Å². The van der Waals surface area contributed by atoms with Gasteiger partial charge in [0.05, 0.1) is 40.6 Å². The van der Waals surface area contributed by atoms with Crippen molar-refractivity contribution in [3.63, 3.8) is 0 Å². The molecule has 0 saturated heterocycles. The Morgan fingerprint density at radius 2 is 1.10 bits per heavy atom. The number of fused-ring (bicyclic) bond motifs is 4. The average molecular weight is 563 g/mol. The molecule has 0 saturated carbocycles. The van der Waals surface area contributed by atoms with Crippen LogP contribution in [0.15, 0.2) is 84.9 Å². The fourth-order valence-corrected chi connectivity index (χ4v) is 5.79. The van der Waals surface area contributed by atoms with Gasteiger partial charge in [-0.2, -0.15) is 0 Å². The largest absolute Gasteiger partial charge is 0.497 e. The quantitative estimate of drug-likeness (QED) is 0.115. The summed E-state index contributed by atoms with van der Waals surface area (Å²) in [5.41, 5.74) is 6.22. The summed E-state index contributed by atoms with van der Waals surface area (Å²) in [5.74, 6) is 0.829. The minimum absolute atomic E-state index is 0.696. The number of hydrogen-bond acceptors (Lipinski definition) is 5. The van der Waals surface area contributed by atoms with Crippen LogP contribution in [0.4, 0.5) is 11.4 Å². The summed E-state index contributed by atoms with van der Waals surface area (Å²) in [4.78, 5) is 9.66. The van der Waals surface area contributed by atoms with Crippen LogP contribution in [0.2, 0.25) is 5.02 Å². The molecular weight excluding hydrogens is 528 g/mol. The maximum absolute atomic E-state index is 6.27. The maximum Gasteiger partial charge on any atom is 0.119 e. The molecule has 0 aliphatic rings. The van der Waals surface area contributed by atoms with Gasteiger partial charge in [-0.05, 0) is 61.4 Å². The number of nitrogens with one attached hydrogen (secondary N) is 2. The summed E-state index contributed by atoms with van der Waals surface area (Å²) in [7, 11) is 1.70. The van der Waals surface area contributed by atoms with Gasteiger partial charge < -0.3 is 15.4 Å². The Morgan fingerprint density at radius 3 is 1.76 bits per heavy atom. The highest BCUT2D eigenvalue weighted by molar-refractivity contribution is 6.31. The lowest BCUT2D eigenvalue weighted by atomic mass is 10.1. The molecule has 6 rings (SSSR count). The van der Waals surface area contributed by atoms with E-state index in [2.05, 4.69) is 71.3 Å². The Morgan fingerprint density at radius 1 is 0.561 bits per heavy atom. The van der Waals surface area contributed by atoms with E-state index in [1.165, 1.54) is 42.1 Å². The predicted molar refractivity (Wildman–Crippen MR) is 175 cm³/mol. The van der Waals surface area contributed by atoms with Crippen molar-refractivity contribution in [3.8, 4) is 5.75 Å². The third-order valence-corrected chi connectivity index (χ3v) is 7.97. The van der Waals surface area contributed by atoms with E-state index >= 15 is 0 Å². The van der Waals surface area contributed by atoms with Gasteiger partial charge in [0.2, 0.25) is 0 Å². The number of methoxy groups -OCH3 is 1. The predicted octanol–water partition coefficient (Wildman–Crippen LogP) is 9.62. The third kappa shape index (κ3) is 6.01. The zero-order valence-electron chi connectivity index (χ0n) is 23.4. The van der Waals surface area contributed by atoms with Crippen LogP contribution < -0.4 is 15.4 Å². The Labute approximate surface area is 245 Å². The molecule has 0 unspecified atom stereocenters. The first kappa shape index (κ1) is 27.1. The van der Waals surface area contributed by atoms with Crippen LogP contribution in [-0.2, 0) is 0 Å². The number of hydrogen-bond donors (Lipinski definition) is 2. The van der Waals surface area contributed by atoms with Crippen LogP contribution in [0.5, 0.6) is 5.75 Å². The first-order valence-electron chi connectivity index (χ1n) is 14.5. The summed E-state index contributed by atoms with van der Waals surface area (Å²) in [6.45, 7) is 1.88. The smallest absolute Gasteiger partial charge is 0.119 e. The summed E-state index contributed by atoms with van der Waals surface area (Å²) in [6, 6.07) is 28.7. The summed E-state index contributed by atoms with van der Waals surface area (Å²) >= 11 is 6.27. The van der Waals surface area contributed by atoms with Gasteiger partial charge in [0.1, 0.15) is 5.75 Å². The van der Waals surface area contributed by atoms with Crippen LogP contribution in [0, 0.1) is 0 Å². The second-order valence-corrected chi connectivity index (χ2v) is 11.0. The topological polar surface area (TPSA) is 59.1 Å². The number of anilines is 2. The molecule has 0 amide bonds. The lowest BCUT2D eigenvalue weighted by Crippen LogP contribution is -2.04. The zero-order valence-corrected chi connectivity index (χ0v) is 24.2.